The lowest BCUT2D eigenvalue weighted by Crippen LogP contribution is -2.23. The third kappa shape index (κ3) is 6.18. The molecule has 0 aliphatic rings. The molecular formula is C14H21NO2S. The van der Waals surface area contributed by atoms with Crippen LogP contribution in [0.15, 0.2) is 11.4 Å². The molecule has 0 unspecified atom stereocenters. The summed E-state index contributed by atoms with van der Waals surface area (Å²) < 4.78 is 5.52. The van der Waals surface area contributed by atoms with Gasteiger partial charge in [0.1, 0.15) is 6.61 Å². The van der Waals surface area contributed by atoms with Crippen LogP contribution < -0.4 is 0 Å². The minimum atomic E-state index is -0.0857. The summed E-state index contributed by atoms with van der Waals surface area (Å²) in [7, 11) is 2.09. The number of hydrogen-bond acceptors (Lipinski definition) is 4. The van der Waals surface area contributed by atoms with E-state index in [9.17, 15) is 0 Å². The Morgan fingerprint density at radius 2 is 2.28 bits per heavy atom. The van der Waals surface area contributed by atoms with Crippen LogP contribution in [0, 0.1) is 11.8 Å². The summed E-state index contributed by atoms with van der Waals surface area (Å²) in [4.78, 5) is 3.52. The minimum absolute atomic E-state index is 0.0857. The molecule has 0 aliphatic heterocycles. The molecule has 0 bridgehead atoms. The van der Waals surface area contributed by atoms with Gasteiger partial charge in [-0.3, -0.25) is 4.90 Å². The van der Waals surface area contributed by atoms with Gasteiger partial charge in [0.25, 0.3) is 0 Å². The predicted octanol–water partition coefficient (Wildman–Crippen LogP) is 1.95. The maximum absolute atomic E-state index is 8.63. The number of thiophene rings is 1. The molecule has 3 nitrogen and oxygen atoms in total. The summed E-state index contributed by atoms with van der Waals surface area (Å²) in [5, 5.41) is 10.7. The van der Waals surface area contributed by atoms with Crippen LogP contribution in [0.5, 0.6) is 0 Å². The lowest BCUT2D eigenvalue weighted by Gasteiger charge is -2.16. The molecule has 0 fully saturated rings. The van der Waals surface area contributed by atoms with E-state index in [1.165, 1.54) is 4.88 Å². The average Bonchev–Trinajstić information content (AvgIpc) is 2.73. The molecule has 0 aromatic carbocycles. The quantitative estimate of drug-likeness (QED) is 0.800. The van der Waals surface area contributed by atoms with E-state index in [1.807, 2.05) is 19.2 Å². The number of rotatable bonds is 6. The molecule has 0 saturated heterocycles. The van der Waals surface area contributed by atoms with Gasteiger partial charge in [-0.2, -0.15) is 0 Å². The first-order valence-electron chi connectivity index (χ1n) is 6.09. The van der Waals surface area contributed by atoms with Gasteiger partial charge in [-0.25, -0.2) is 0 Å². The number of aliphatic hydroxyl groups is 1. The second-order valence-electron chi connectivity index (χ2n) is 4.42. The van der Waals surface area contributed by atoms with Crippen molar-refractivity contribution in [3.05, 3.63) is 21.9 Å². The lowest BCUT2D eigenvalue weighted by molar-refractivity contribution is 0.0628. The van der Waals surface area contributed by atoms with Crippen LogP contribution in [0.25, 0.3) is 0 Å². The summed E-state index contributed by atoms with van der Waals surface area (Å²) in [5.74, 6) is 5.57. The first-order chi connectivity index (χ1) is 8.61. The smallest absolute Gasteiger partial charge is 0.104 e. The van der Waals surface area contributed by atoms with Crippen LogP contribution in [0.3, 0.4) is 0 Å². The predicted molar refractivity (Wildman–Crippen MR) is 75.7 cm³/mol. The summed E-state index contributed by atoms with van der Waals surface area (Å²) in [6.45, 7) is 6.60. The normalized spacial score (nSPS) is 10.8. The molecule has 1 aromatic rings. The van der Waals surface area contributed by atoms with Gasteiger partial charge >= 0.3 is 0 Å². The zero-order valence-corrected chi connectivity index (χ0v) is 12.1. The van der Waals surface area contributed by atoms with E-state index in [4.69, 9.17) is 9.84 Å². The molecular weight excluding hydrogens is 246 g/mol. The van der Waals surface area contributed by atoms with E-state index in [2.05, 4.69) is 29.9 Å². The fourth-order valence-electron chi connectivity index (χ4n) is 1.46. The highest BCUT2D eigenvalue weighted by atomic mass is 32.1. The molecule has 1 rings (SSSR count). The fourth-order valence-corrected chi connectivity index (χ4v) is 2.36. The first kappa shape index (κ1) is 15.2. The standard InChI is InChI=1S/C14H21NO2S/c1-12(2)17-8-6-15(3)10-14-9-13(11-18-14)5-4-7-16/h9,11-12,16H,6-8,10H2,1-3H3. The Bertz CT molecular complexity index is 403. The highest BCUT2D eigenvalue weighted by Crippen LogP contribution is 2.15. The number of nitrogens with zero attached hydrogens (tertiary/aromatic N) is 1. The van der Waals surface area contributed by atoms with Crippen LogP contribution in [0.4, 0.5) is 0 Å². The fraction of sp³-hybridized carbons (Fsp3) is 0.571. The van der Waals surface area contributed by atoms with Crippen molar-refractivity contribution in [3.8, 4) is 11.8 Å². The van der Waals surface area contributed by atoms with Gasteiger partial charge in [0.2, 0.25) is 0 Å². The van der Waals surface area contributed by atoms with Crippen molar-refractivity contribution in [2.45, 2.75) is 26.5 Å². The molecule has 0 amide bonds. The molecule has 100 valence electrons. The molecule has 4 heteroatoms. The molecule has 0 atom stereocenters. The number of ether oxygens (including phenoxy) is 1. The molecule has 1 heterocycles. The second-order valence-corrected chi connectivity index (χ2v) is 5.41. The van der Waals surface area contributed by atoms with E-state index in [-0.39, 0.29) is 6.61 Å². The van der Waals surface area contributed by atoms with Crippen molar-refractivity contribution in [2.75, 3.05) is 26.8 Å². The van der Waals surface area contributed by atoms with Crippen LogP contribution in [0.2, 0.25) is 0 Å². The maximum atomic E-state index is 8.63. The topological polar surface area (TPSA) is 32.7 Å². The lowest BCUT2D eigenvalue weighted by atomic mass is 10.3. The van der Waals surface area contributed by atoms with Crippen LogP contribution in [-0.2, 0) is 11.3 Å². The molecule has 1 aromatic heterocycles. The van der Waals surface area contributed by atoms with E-state index in [1.54, 1.807) is 11.3 Å². The van der Waals surface area contributed by atoms with Crippen molar-refractivity contribution in [1.82, 2.24) is 4.90 Å². The monoisotopic (exact) mass is 267 g/mol. The highest BCUT2D eigenvalue weighted by molar-refractivity contribution is 7.10. The van der Waals surface area contributed by atoms with Gasteiger partial charge in [0.05, 0.1) is 12.7 Å². The van der Waals surface area contributed by atoms with Crippen molar-refractivity contribution < 1.29 is 9.84 Å². The number of hydrogen-bond donors (Lipinski definition) is 1. The number of likely N-dealkylation sites (N-methyl/N-ethyl adjacent to an activating group) is 1. The van der Waals surface area contributed by atoms with E-state index >= 15 is 0 Å². The molecule has 0 radical (unpaired) electrons. The van der Waals surface area contributed by atoms with Gasteiger partial charge < -0.3 is 9.84 Å². The molecule has 1 N–H and O–H groups in total. The third-order valence-electron chi connectivity index (χ3n) is 2.32. The molecule has 0 spiro atoms. The second kappa shape index (κ2) is 8.28. The Morgan fingerprint density at radius 1 is 1.50 bits per heavy atom. The van der Waals surface area contributed by atoms with Gasteiger partial charge in [-0.15, -0.1) is 11.3 Å². The SMILES string of the molecule is CC(C)OCCN(C)Cc1cc(C#CCO)cs1. The van der Waals surface area contributed by atoms with Crippen LogP contribution in [-0.4, -0.2) is 42.9 Å². The van der Waals surface area contributed by atoms with Gasteiger partial charge in [-0.1, -0.05) is 11.8 Å². The first-order valence-corrected chi connectivity index (χ1v) is 6.97. The van der Waals surface area contributed by atoms with E-state index < -0.39 is 0 Å². The third-order valence-corrected chi connectivity index (χ3v) is 3.24. The largest absolute Gasteiger partial charge is 0.384 e. The van der Waals surface area contributed by atoms with E-state index in [0.29, 0.717) is 6.10 Å². The molecule has 18 heavy (non-hydrogen) atoms. The van der Waals surface area contributed by atoms with Gasteiger partial charge in [0.15, 0.2) is 0 Å². The zero-order chi connectivity index (χ0) is 13.4. The Balaban J connectivity index is 2.35. The van der Waals surface area contributed by atoms with Crippen molar-refractivity contribution in [1.29, 1.82) is 0 Å². The van der Waals surface area contributed by atoms with Crippen LogP contribution >= 0.6 is 11.3 Å². The van der Waals surface area contributed by atoms with Gasteiger partial charge in [-0.05, 0) is 27.0 Å². The van der Waals surface area contributed by atoms with Gasteiger partial charge in [0, 0.05) is 28.9 Å². The number of aliphatic hydroxyl groups excluding tert-OH is 1. The Kier molecular flexibility index (Phi) is 6.99. The minimum Gasteiger partial charge on any atom is -0.384 e. The summed E-state index contributed by atoms with van der Waals surface area (Å²) in [6, 6.07) is 2.08. The van der Waals surface area contributed by atoms with Crippen molar-refractivity contribution in [3.63, 3.8) is 0 Å². The Labute approximate surface area is 113 Å². The average molecular weight is 267 g/mol. The Hall–Kier alpha value is -0.860. The zero-order valence-electron chi connectivity index (χ0n) is 11.3. The molecule has 0 saturated carbocycles. The summed E-state index contributed by atoms with van der Waals surface area (Å²) in [6.07, 6.45) is 0.292. The highest BCUT2D eigenvalue weighted by Gasteiger charge is 2.03. The van der Waals surface area contributed by atoms with Crippen molar-refractivity contribution >= 4 is 11.3 Å². The summed E-state index contributed by atoms with van der Waals surface area (Å²) in [5.41, 5.74) is 0.982. The molecule has 0 aliphatic carbocycles. The maximum Gasteiger partial charge on any atom is 0.104 e. The van der Waals surface area contributed by atoms with E-state index in [0.717, 1.165) is 25.3 Å². The van der Waals surface area contributed by atoms with Crippen molar-refractivity contribution in [2.24, 2.45) is 0 Å². The van der Waals surface area contributed by atoms with Crippen LogP contribution in [0.1, 0.15) is 24.3 Å². The Morgan fingerprint density at radius 3 is 2.94 bits per heavy atom. The summed E-state index contributed by atoms with van der Waals surface area (Å²) >= 11 is 1.70.